The Kier molecular flexibility index (Phi) is 5.54. The molecule has 0 atom stereocenters. The van der Waals surface area contributed by atoms with Crippen molar-refractivity contribution >= 4 is 22.5 Å². The summed E-state index contributed by atoms with van der Waals surface area (Å²) in [5.41, 5.74) is 2.81. The number of halogens is 4. The summed E-state index contributed by atoms with van der Waals surface area (Å²) in [5, 5.41) is 0.978. The molecule has 0 saturated heterocycles. The van der Waals surface area contributed by atoms with E-state index in [9.17, 15) is 13.2 Å². The predicted molar refractivity (Wildman–Crippen MR) is 103 cm³/mol. The molecule has 3 rings (SSSR count). The highest BCUT2D eigenvalue weighted by Crippen LogP contribution is 2.35. The SMILES string of the molecule is COc1nc2ccc(-c3cnc(C)n3C)cc2c(Cl)c1CN(C)CC(F)(F)F. The van der Waals surface area contributed by atoms with Gasteiger partial charge in [0, 0.05) is 30.1 Å². The van der Waals surface area contributed by atoms with Crippen molar-refractivity contribution in [3.8, 4) is 17.1 Å². The van der Waals surface area contributed by atoms with Crippen LogP contribution in [0.15, 0.2) is 24.4 Å². The number of hydrogen-bond acceptors (Lipinski definition) is 4. The van der Waals surface area contributed by atoms with Gasteiger partial charge >= 0.3 is 6.18 Å². The molecule has 2 aromatic heterocycles. The summed E-state index contributed by atoms with van der Waals surface area (Å²) < 4.78 is 45.3. The largest absolute Gasteiger partial charge is 0.481 e. The van der Waals surface area contributed by atoms with Gasteiger partial charge in [0.05, 0.1) is 36.1 Å². The van der Waals surface area contributed by atoms with Crippen molar-refractivity contribution in [1.82, 2.24) is 19.4 Å². The third-order valence-electron chi connectivity index (χ3n) is 4.56. The van der Waals surface area contributed by atoms with Crippen molar-refractivity contribution in [2.24, 2.45) is 7.05 Å². The second-order valence-corrected chi connectivity index (χ2v) is 7.06. The van der Waals surface area contributed by atoms with Crippen LogP contribution in [0.2, 0.25) is 5.02 Å². The quantitative estimate of drug-likeness (QED) is 0.614. The van der Waals surface area contributed by atoms with E-state index >= 15 is 0 Å². The van der Waals surface area contributed by atoms with E-state index in [0.717, 1.165) is 22.0 Å². The van der Waals surface area contributed by atoms with E-state index in [1.165, 1.54) is 14.2 Å². The number of pyridine rings is 1. The van der Waals surface area contributed by atoms with E-state index < -0.39 is 12.7 Å². The number of nitrogens with zero attached hydrogens (tertiary/aromatic N) is 4. The van der Waals surface area contributed by atoms with Crippen molar-refractivity contribution in [3.05, 3.63) is 40.8 Å². The molecular formula is C19H20ClF3N4O. The Balaban J connectivity index is 2.08. The van der Waals surface area contributed by atoms with Crippen LogP contribution in [0.25, 0.3) is 22.2 Å². The Hall–Kier alpha value is -2.32. The van der Waals surface area contributed by atoms with Crippen molar-refractivity contribution in [2.75, 3.05) is 20.7 Å². The Morgan fingerprint density at radius 1 is 1.29 bits per heavy atom. The highest BCUT2D eigenvalue weighted by atomic mass is 35.5. The topological polar surface area (TPSA) is 43.2 Å². The van der Waals surface area contributed by atoms with Gasteiger partial charge in [0.1, 0.15) is 5.82 Å². The maximum absolute atomic E-state index is 12.7. The lowest BCUT2D eigenvalue weighted by atomic mass is 10.1. The second-order valence-electron chi connectivity index (χ2n) is 6.68. The fourth-order valence-electron chi connectivity index (χ4n) is 3.11. The summed E-state index contributed by atoms with van der Waals surface area (Å²) in [6, 6.07) is 5.58. The molecule has 0 radical (unpaired) electrons. The van der Waals surface area contributed by atoms with Crippen LogP contribution in [-0.2, 0) is 13.6 Å². The molecule has 28 heavy (non-hydrogen) atoms. The van der Waals surface area contributed by atoms with Crippen LogP contribution in [0.5, 0.6) is 5.88 Å². The lowest BCUT2D eigenvalue weighted by molar-refractivity contribution is -0.144. The third-order valence-corrected chi connectivity index (χ3v) is 5.00. The van der Waals surface area contributed by atoms with Crippen LogP contribution in [-0.4, -0.2) is 46.3 Å². The van der Waals surface area contributed by atoms with Gasteiger partial charge in [-0.3, -0.25) is 4.90 Å². The third kappa shape index (κ3) is 4.07. The molecule has 150 valence electrons. The summed E-state index contributed by atoms with van der Waals surface area (Å²) >= 11 is 6.59. The molecule has 0 aliphatic heterocycles. The number of aryl methyl sites for hydroxylation is 1. The second kappa shape index (κ2) is 7.60. The molecule has 0 bridgehead atoms. The summed E-state index contributed by atoms with van der Waals surface area (Å²) in [7, 11) is 4.71. The van der Waals surface area contributed by atoms with E-state index in [-0.39, 0.29) is 12.4 Å². The zero-order valence-corrected chi connectivity index (χ0v) is 16.7. The average Bonchev–Trinajstić information content (AvgIpc) is 2.94. The summed E-state index contributed by atoms with van der Waals surface area (Å²) in [4.78, 5) is 9.85. The Morgan fingerprint density at radius 3 is 2.57 bits per heavy atom. The van der Waals surface area contributed by atoms with Gasteiger partial charge in [-0.25, -0.2) is 9.97 Å². The van der Waals surface area contributed by atoms with E-state index in [1.54, 1.807) is 6.20 Å². The molecule has 0 aliphatic carbocycles. The summed E-state index contributed by atoms with van der Waals surface area (Å²) in [6.07, 6.45) is -2.54. The van der Waals surface area contributed by atoms with Crippen LogP contribution in [0.1, 0.15) is 11.4 Å². The molecule has 0 spiro atoms. The van der Waals surface area contributed by atoms with Gasteiger partial charge in [-0.05, 0) is 26.1 Å². The number of rotatable bonds is 5. The maximum atomic E-state index is 12.7. The molecule has 0 fully saturated rings. The molecule has 0 saturated carbocycles. The van der Waals surface area contributed by atoms with Gasteiger partial charge < -0.3 is 9.30 Å². The molecule has 0 aliphatic rings. The number of aromatic nitrogens is 3. The van der Waals surface area contributed by atoms with Crippen LogP contribution in [0, 0.1) is 6.92 Å². The minimum atomic E-state index is -4.30. The standard InChI is InChI=1S/C19H20ClF3N4O/c1-11-24-8-16(27(11)3)12-5-6-15-13(7-12)17(20)14(18(25-15)28-4)9-26(2)10-19(21,22)23/h5-8H,9-10H2,1-4H3. The van der Waals surface area contributed by atoms with Crippen molar-refractivity contribution in [2.45, 2.75) is 19.6 Å². The van der Waals surface area contributed by atoms with E-state index in [0.29, 0.717) is 21.5 Å². The first-order valence-electron chi connectivity index (χ1n) is 8.51. The van der Waals surface area contributed by atoms with Gasteiger partial charge in [0.2, 0.25) is 5.88 Å². The van der Waals surface area contributed by atoms with Gasteiger partial charge in [-0.15, -0.1) is 0 Å². The molecule has 0 amide bonds. The van der Waals surface area contributed by atoms with Crippen LogP contribution >= 0.6 is 11.6 Å². The van der Waals surface area contributed by atoms with Crippen LogP contribution in [0.4, 0.5) is 13.2 Å². The van der Waals surface area contributed by atoms with Crippen molar-refractivity contribution in [3.63, 3.8) is 0 Å². The highest BCUT2D eigenvalue weighted by molar-refractivity contribution is 6.36. The fourth-order valence-corrected chi connectivity index (χ4v) is 3.40. The Bertz CT molecular complexity index is 1020. The number of fused-ring (bicyclic) bond motifs is 1. The van der Waals surface area contributed by atoms with Crippen molar-refractivity contribution in [1.29, 1.82) is 0 Å². The van der Waals surface area contributed by atoms with Gasteiger partial charge in [0.15, 0.2) is 0 Å². The fraction of sp³-hybridized carbons (Fsp3) is 0.368. The molecule has 0 unspecified atom stereocenters. The predicted octanol–water partition coefficient (Wildman–Crippen LogP) is 4.60. The maximum Gasteiger partial charge on any atom is 0.401 e. The summed E-state index contributed by atoms with van der Waals surface area (Å²) in [6.45, 7) is 0.802. The minimum absolute atomic E-state index is 0.0422. The Morgan fingerprint density at radius 2 is 2.00 bits per heavy atom. The molecule has 5 nitrogen and oxygen atoms in total. The Labute approximate surface area is 165 Å². The first-order chi connectivity index (χ1) is 13.1. The number of imidazole rings is 1. The zero-order valence-electron chi connectivity index (χ0n) is 15.9. The monoisotopic (exact) mass is 412 g/mol. The zero-order chi connectivity index (χ0) is 20.6. The van der Waals surface area contributed by atoms with E-state index in [4.69, 9.17) is 16.3 Å². The molecule has 3 aromatic rings. The van der Waals surface area contributed by atoms with E-state index in [2.05, 4.69) is 9.97 Å². The first-order valence-corrected chi connectivity index (χ1v) is 8.88. The highest BCUT2D eigenvalue weighted by Gasteiger charge is 2.30. The number of benzene rings is 1. The molecule has 2 heterocycles. The van der Waals surface area contributed by atoms with Crippen molar-refractivity contribution < 1.29 is 17.9 Å². The molecule has 1 aromatic carbocycles. The number of methoxy groups -OCH3 is 1. The smallest absolute Gasteiger partial charge is 0.401 e. The van der Waals surface area contributed by atoms with Gasteiger partial charge in [0.25, 0.3) is 0 Å². The molecular weight excluding hydrogens is 393 g/mol. The first kappa shape index (κ1) is 20.4. The van der Waals surface area contributed by atoms with Crippen LogP contribution in [0.3, 0.4) is 0 Å². The number of alkyl halides is 3. The lowest BCUT2D eigenvalue weighted by Gasteiger charge is -2.21. The summed E-state index contributed by atoms with van der Waals surface area (Å²) in [5.74, 6) is 1.08. The van der Waals surface area contributed by atoms with E-state index in [1.807, 2.05) is 36.7 Å². The molecule has 0 N–H and O–H groups in total. The average molecular weight is 413 g/mol. The molecule has 9 heteroatoms. The minimum Gasteiger partial charge on any atom is -0.481 e. The number of hydrogen-bond donors (Lipinski definition) is 0. The van der Waals surface area contributed by atoms with Crippen LogP contribution < -0.4 is 4.74 Å². The van der Waals surface area contributed by atoms with Gasteiger partial charge in [-0.2, -0.15) is 13.2 Å². The lowest BCUT2D eigenvalue weighted by Crippen LogP contribution is -2.30. The normalized spacial score (nSPS) is 12.2. The van der Waals surface area contributed by atoms with Gasteiger partial charge in [-0.1, -0.05) is 17.7 Å². The number of ether oxygens (including phenoxy) is 1.